The van der Waals surface area contributed by atoms with E-state index >= 15 is 0 Å². The molecule has 7 heteroatoms. The Morgan fingerprint density at radius 3 is 2.13 bits per heavy atom. The quantitative estimate of drug-likeness (QED) is 0.421. The number of amides is 1. The van der Waals surface area contributed by atoms with Gasteiger partial charge in [-0.1, -0.05) is 70.7 Å². The molecule has 3 rings (SSSR count). The van der Waals surface area contributed by atoms with Gasteiger partial charge in [0.15, 0.2) is 5.13 Å². The van der Waals surface area contributed by atoms with Gasteiger partial charge in [0.2, 0.25) is 0 Å². The number of halogens is 2. The number of nitrogens with zero attached hydrogens (tertiary/aromatic N) is 1. The molecule has 3 aromatic rings. The van der Waals surface area contributed by atoms with Gasteiger partial charge >= 0.3 is 0 Å². The summed E-state index contributed by atoms with van der Waals surface area (Å²) in [4.78, 5) is 17.9. The molecule has 0 fully saturated rings. The number of aromatic nitrogens is 1. The molecule has 0 saturated heterocycles. The molecule has 0 aliphatic rings. The van der Waals surface area contributed by atoms with Crippen LogP contribution in [0.1, 0.15) is 63.0 Å². The van der Waals surface area contributed by atoms with Gasteiger partial charge in [0.05, 0.1) is 10.2 Å². The Hall–Kier alpha value is -1.99. The van der Waals surface area contributed by atoms with Gasteiger partial charge in [-0.2, -0.15) is 8.78 Å². The smallest absolute Gasteiger partial charge is 0.288 e. The summed E-state index contributed by atoms with van der Waals surface area (Å²) in [5, 5.41) is 3.33. The summed E-state index contributed by atoms with van der Waals surface area (Å²) in [6.07, 6.45) is 0. The summed E-state index contributed by atoms with van der Waals surface area (Å²) < 4.78 is 26.0. The van der Waals surface area contributed by atoms with E-state index in [2.05, 4.69) is 57.9 Å². The van der Waals surface area contributed by atoms with Gasteiger partial charge in [-0.25, -0.2) is 4.98 Å². The first kappa shape index (κ1) is 22.7. The summed E-state index contributed by atoms with van der Waals surface area (Å²) in [7, 11) is 0. The highest BCUT2D eigenvalue weighted by molar-refractivity contribution is 7.99. The van der Waals surface area contributed by atoms with Crippen molar-refractivity contribution >= 4 is 44.4 Å². The second kappa shape index (κ2) is 8.27. The number of fused-ring (bicyclic) bond motifs is 1. The van der Waals surface area contributed by atoms with Gasteiger partial charge in [-0.15, -0.1) is 0 Å². The molecule has 0 aliphatic carbocycles. The first-order valence-electron chi connectivity index (χ1n) is 9.66. The van der Waals surface area contributed by atoms with Crippen LogP contribution in [0.2, 0.25) is 0 Å². The molecule has 0 spiro atoms. The number of carbonyl (C=O) groups excluding carboxylic acids is 1. The lowest BCUT2D eigenvalue weighted by Crippen LogP contribution is -2.20. The molecule has 1 aromatic heterocycles. The first-order valence-corrected chi connectivity index (χ1v) is 11.4. The second-order valence-electron chi connectivity index (χ2n) is 9.28. The third-order valence-corrected chi connectivity index (χ3v) is 6.37. The Labute approximate surface area is 184 Å². The molecule has 0 unspecified atom stereocenters. The molecule has 0 saturated carbocycles. The minimum absolute atomic E-state index is 0.0923. The molecule has 1 heterocycles. The van der Waals surface area contributed by atoms with E-state index in [-0.39, 0.29) is 16.7 Å². The molecule has 0 bridgehead atoms. The number of carbonyl (C=O) groups is 1. The van der Waals surface area contributed by atoms with E-state index in [9.17, 15) is 13.6 Å². The minimum Gasteiger partial charge on any atom is -0.298 e. The lowest BCUT2D eigenvalue weighted by atomic mass is 9.79. The highest BCUT2D eigenvalue weighted by Crippen LogP contribution is 2.34. The lowest BCUT2D eigenvalue weighted by molar-refractivity contribution is 0.102. The van der Waals surface area contributed by atoms with Crippen molar-refractivity contribution in [1.82, 2.24) is 4.98 Å². The van der Waals surface area contributed by atoms with Gasteiger partial charge in [0.1, 0.15) is 0 Å². The van der Waals surface area contributed by atoms with Gasteiger partial charge in [-0.3, -0.25) is 10.1 Å². The van der Waals surface area contributed by atoms with Gasteiger partial charge in [0.25, 0.3) is 11.7 Å². The van der Waals surface area contributed by atoms with Crippen LogP contribution < -0.4 is 5.32 Å². The van der Waals surface area contributed by atoms with Crippen LogP contribution in [0.4, 0.5) is 13.9 Å². The van der Waals surface area contributed by atoms with Crippen LogP contribution in [0, 0.1) is 0 Å². The maximum atomic E-state index is 13.0. The van der Waals surface area contributed by atoms with Crippen molar-refractivity contribution in [1.29, 1.82) is 0 Å². The maximum Gasteiger partial charge on any atom is 0.288 e. The van der Waals surface area contributed by atoms with Crippen LogP contribution >= 0.6 is 23.1 Å². The summed E-state index contributed by atoms with van der Waals surface area (Å²) in [6, 6.07) is 11.0. The van der Waals surface area contributed by atoms with Crippen molar-refractivity contribution < 1.29 is 13.6 Å². The van der Waals surface area contributed by atoms with Crippen molar-refractivity contribution in [3.05, 3.63) is 53.1 Å². The normalized spacial score (nSPS) is 12.6. The Kier molecular flexibility index (Phi) is 6.25. The average molecular weight is 449 g/mol. The summed E-state index contributed by atoms with van der Waals surface area (Å²) in [5.41, 5.74) is 3.26. The van der Waals surface area contributed by atoms with E-state index in [1.165, 1.54) is 11.3 Å². The third-order valence-electron chi connectivity index (χ3n) is 4.73. The third kappa shape index (κ3) is 5.38. The van der Waals surface area contributed by atoms with Crippen LogP contribution in [-0.2, 0) is 10.8 Å². The lowest BCUT2D eigenvalue weighted by Gasteiger charge is -2.26. The number of hydrogen-bond donors (Lipinski definition) is 1. The van der Waals surface area contributed by atoms with E-state index in [4.69, 9.17) is 0 Å². The molecule has 3 nitrogen and oxygen atoms in total. The molecule has 0 atom stereocenters. The highest BCUT2D eigenvalue weighted by Gasteiger charge is 2.22. The number of alkyl halides is 2. The fourth-order valence-corrected chi connectivity index (χ4v) is 4.44. The number of anilines is 1. The number of hydrogen-bond acceptors (Lipinski definition) is 4. The van der Waals surface area contributed by atoms with Crippen molar-refractivity contribution in [2.45, 2.75) is 63.0 Å². The van der Waals surface area contributed by atoms with Crippen LogP contribution in [0.15, 0.2) is 41.3 Å². The van der Waals surface area contributed by atoms with Gasteiger partial charge < -0.3 is 0 Å². The number of thioether (sulfide) groups is 1. The Bertz CT molecular complexity index is 1050. The fourth-order valence-electron chi connectivity index (χ4n) is 2.93. The summed E-state index contributed by atoms with van der Waals surface area (Å²) in [6.45, 7) is 12.7. The Morgan fingerprint density at radius 1 is 1.00 bits per heavy atom. The van der Waals surface area contributed by atoms with Crippen molar-refractivity contribution in [3.8, 4) is 0 Å². The van der Waals surface area contributed by atoms with E-state index < -0.39 is 5.76 Å². The molecule has 1 N–H and O–H groups in total. The van der Waals surface area contributed by atoms with Crippen molar-refractivity contribution in [2.24, 2.45) is 0 Å². The Morgan fingerprint density at radius 2 is 1.60 bits per heavy atom. The number of thiazole rings is 1. The van der Waals surface area contributed by atoms with Gasteiger partial charge in [-0.05, 0) is 52.3 Å². The SMILES string of the molecule is CC(C)(C)c1cc(C(=O)Nc2nc3ccc(SC(F)F)cc3s2)cc(C(C)(C)C)c1. The second-order valence-corrected chi connectivity index (χ2v) is 11.4. The summed E-state index contributed by atoms with van der Waals surface area (Å²) in [5.74, 6) is -2.70. The van der Waals surface area contributed by atoms with Crippen molar-refractivity contribution in [2.75, 3.05) is 5.32 Å². The van der Waals surface area contributed by atoms with Gasteiger partial charge in [0, 0.05) is 10.5 Å². The molecular weight excluding hydrogens is 422 g/mol. The van der Waals surface area contributed by atoms with E-state index in [0.29, 0.717) is 32.9 Å². The first-order chi connectivity index (χ1) is 13.8. The number of rotatable bonds is 4. The molecule has 0 aliphatic heterocycles. The zero-order valence-electron chi connectivity index (χ0n) is 18.0. The van der Waals surface area contributed by atoms with Crippen LogP contribution in [0.25, 0.3) is 10.2 Å². The zero-order chi connectivity index (χ0) is 22.3. The molecular formula is C23H26F2N2OS2. The number of benzene rings is 2. The predicted octanol–water partition coefficient (Wildman–Crippen LogP) is 7.46. The number of nitrogens with one attached hydrogen (secondary N) is 1. The maximum absolute atomic E-state index is 13.0. The molecule has 160 valence electrons. The monoisotopic (exact) mass is 448 g/mol. The topological polar surface area (TPSA) is 42.0 Å². The Balaban J connectivity index is 1.91. The highest BCUT2D eigenvalue weighted by atomic mass is 32.2. The van der Waals surface area contributed by atoms with Crippen LogP contribution in [0.5, 0.6) is 0 Å². The molecule has 1 amide bonds. The molecule has 2 aromatic carbocycles. The van der Waals surface area contributed by atoms with E-state index in [1.54, 1.807) is 18.2 Å². The van der Waals surface area contributed by atoms with E-state index in [1.807, 2.05) is 12.1 Å². The van der Waals surface area contributed by atoms with E-state index in [0.717, 1.165) is 15.8 Å². The predicted molar refractivity (Wildman–Crippen MR) is 123 cm³/mol. The largest absolute Gasteiger partial charge is 0.298 e. The summed E-state index contributed by atoms with van der Waals surface area (Å²) >= 11 is 1.78. The molecule has 30 heavy (non-hydrogen) atoms. The standard InChI is InChI=1S/C23H26F2N2OS2/c1-22(2,3)14-9-13(10-15(11-14)23(4,5)6)19(28)27-21-26-17-8-7-16(29-20(24)25)12-18(17)30-21/h7-12,20H,1-6H3,(H,26,27,28). The molecule has 0 radical (unpaired) electrons. The van der Waals surface area contributed by atoms with Crippen LogP contribution in [-0.4, -0.2) is 16.6 Å². The fraction of sp³-hybridized carbons (Fsp3) is 0.391. The van der Waals surface area contributed by atoms with Crippen LogP contribution in [0.3, 0.4) is 0 Å². The zero-order valence-corrected chi connectivity index (χ0v) is 19.6. The average Bonchev–Trinajstić information content (AvgIpc) is 3.00. The van der Waals surface area contributed by atoms with Crippen molar-refractivity contribution in [3.63, 3.8) is 0 Å². The minimum atomic E-state index is -2.47.